The zero-order chi connectivity index (χ0) is 11.7. The topological polar surface area (TPSA) is 43.1 Å². The number of carbonyl (C=O) groups excluding carboxylic acids is 1. The molecule has 1 aromatic heterocycles. The maximum Gasteiger partial charge on any atom is 0.195 e. The zero-order valence-electron chi connectivity index (χ0n) is 8.04. The molecule has 0 saturated carbocycles. The van der Waals surface area contributed by atoms with Crippen LogP contribution in [0.3, 0.4) is 0 Å². The van der Waals surface area contributed by atoms with E-state index >= 15 is 0 Å². The summed E-state index contributed by atoms with van der Waals surface area (Å²) in [7, 11) is 0. The van der Waals surface area contributed by atoms with Crippen LogP contribution in [0, 0.1) is 0 Å². The number of halogens is 2. The van der Waals surface area contributed by atoms with Gasteiger partial charge in [0.1, 0.15) is 0 Å². The SMILES string of the molecule is Nc1ccc(C(=O)c2cscc2Br)cc1Cl. The van der Waals surface area contributed by atoms with E-state index < -0.39 is 0 Å². The van der Waals surface area contributed by atoms with Crippen molar-refractivity contribution in [1.82, 2.24) is 0 Å². The van der Waals surface area contributed by atoms with Crippen molar-refractivity contribution in [2.24, 2.45) is 0 Å². The standard InChI is InChI=1S/C11H7BrClNOS/c12-8-5-16-4-7(8)11(15)6-1-2-10(14)9(13)3-6/h1-5H,14H2. The van der Waals surface area contributed by atoms with Crippen LogP contribution >= 0.6 is 38.9 Å². The second-order valence-electron chi connectivity index (χ2n) is 3.20. The Bertz CT molecular complexity index is 553. The van der Waals surface area contributed by atoms with Crippen molar-refractivity contribution in [1.29, 1.82) is 0 Å². The Labute approximate surface area is 110 Å². The Morgan fingerprint density at radius 3 is 2.69 bits per heavy atom. The minimum atomic E-state index is -0.0602. The number of nitrogen functional groups attached to an aromatic ring is 1. The van der Waals surface area contributed by atoms with Gasteiger partial charge >= 0.3 is 0 Å². The van der Waals surface area contributed by atoms with E-state index in [0.29, 0.717) is 21.8 Å². The Balaban J connectivity index is 2.42. The molecule has 5 heteroatoms. The molecule has 0 aliphatic rings. The number of benzene rings is 1. The lowest BCUT2D eigenvalue weighted by Crippen LogP contribution is -2.01. The number of hydrogen-bond donors (Lipinski definition) is 1. The van der Waals surface area contributed by atoms with Crippen LogP contribution in [-0.2, 0) is 0 Å². The van der Waals surface area contributed by atoms with E-state index in [1.807, 2.05) is 5.38 Å². The fourth-order valence-electron chi connectivity index (χ4n) is 1.27. The lowest BCUT2D eigenvalue weighted by molar-refractivity contribution is 0.103. The average Bonchev–Trinajstić information content (AvgIpc) is 2.67. The summed E-state index contributed by atoms with van der Waals surface area (Å²) in [6, 6.07) is 4.90. The quantitative estimate of drug-likeness (QED) is 0.673. The maximum atomic E-state index is 12.1. The molecule has 0 atom stereocenters. The van der Waals surface area contributed by atoms with Crippen LogP contribution in [0.5, 0.6) is 0 Å². The summed E-state index contributed by atoms with van der Waals surface area (Å²) in [5, 5.41) is 4.07. The van der Waals surface area contributed by atoms with Gasteiger partial charge in [-0.15, -0.1) is 0 Å². The van der Waals surface area contributed by atoms with Crippen molar-refractivity contribution >= 4 is 50.3 Å². The van der Waals surface area contributed by atoms with Gasteiger partial charge in [-0.25, -0.2) is 0 Å². The lowest BCUT2D eigenvalue weighted by Gasteiger charge is -2.02. The van der Waals surface area contributed by atoms with Gasteiger partial charge in [-0.05, 0) is 34.1 Å². The number of carbonyl (C=O) groups is 1. The minimum Gasteiger partial charge on any atom is -0.398 e. The third-order valence-corrected chi connectivity index (χ3v) is 4.15. The number of thiophene rings is 1. The highest BCUT2D eigenvalue weighted by molar-refractivity contribution is 9.10. The first-order valence-electron chi connectivity index (χ1n) is 4.41. The van der Waals surface area contributed by atoms with Crippen molar-refractivity contribution in [3.05, 3.63) is 49.6 Å². The first-order chi connectivity index (χ1) is 7.59. The second-order valence-corrected chi connectivity index (χ2v) is 5.20. The van der Waals surface area contributed by atoms with E-state index in [0.717, 1.165) is 4.47 Å². The van der Waals surface area contributed by atoms with E-state index in [9.17, 15) is 4.79 Å². The molecule has 1 heterocycles. The molecule has 16 heavy (non-hydrogen) atoms. The molecule has 0 bridgehead atoms. The Hall–Kier alpha value is -0.840. The maximum absolute atomic E-state index is 12.1. The summed E-state index contributed by atoms with van der Waals surface area (Å²) < 4.78 is 0.801. The fraction of sp³-hybridized carbons (Fsp3) is 0. The van der Waals surface area contributed by atoms with Gasteiger partial charge in [-0.2, -0.15) is 11.3 Å². The van der Waals surface area contributed by atoms with E-state index in [2.05, 4.69) is 15.9 Å². The van der Waals surface area contributed by atoms with E-state index in [1.54, 1.807) is 23.6 Å². The molecule has 2 aromatic rings. The molecule has 0 unspecified atom stereocenters. The van der Waals surface area contributed by atoms with Crippen LogP contribution < -0.4 is 5.73 Å². The van der Waals surface area contributed by atoms with Crippen molar-refractivity contribution < 1.29 is 4.79 Å². The normalized spacial score (nSPS) is 10.4. The summed E-state index contributed by atoms with van der Waals surface area (Å²) in [5.41, 5.74) is 7.25. The van der Waals surface area contributed by atoms with Crippen molar-refractivity contribution in [2.75, 3.05) is 5.73 Å². The molecule has 2 rings (SSSR count). The summed E-state index contributed by atoms with van der Waals surface area (Å²) in [6.07, 6.45) is 0. The summed E-state index contributed by atoms with van der Waals surface area (Å²) in [5.74, 6) is -0.0602. The molecule has 1 aromatic carbocycles. The van der Waals surface area contributed by atoms with E-state index in [4.69, 9.17) is 17.3 Å². The first kappa shape index (κ1) is 11.6. The number of ketones is 1. The Kier molecular flexibility index (Phi) is 3.33. The number of rotatable bonds is 2. The summed E-state index contributed by atoms with van der Waals surface area (Å²) in [6.45, 7) is 0. The largest absolute Gasteiger partial charge is 0.398 e. The predicted octanol–water partition coefficient (Wildman–Crippen LogP) is 3.98. The number of hydrogen-bond acceptors (Lipinski definition) is 3. The van der Waals surface area contributed by atoms with Crippen LogP contribution in [0.25, 0.3) is 0 Å². The summed E-state index contributed by atoms with van der Waals surface area (Å²) >= 11 is 10.7. The van der Waals surface area contributed by atoms with Gasteiger partial charge in [0.25, 0.3) is 0 Å². The first-order valence-corrected chi connectivity index (χ1v) is 6.52. The molecule has 2 nitrogen and oxygen atoms in total. The molecule has 0 aliphatic carbocycles. The highest BCUT2D eigenvalue weighted by Crippen LogP contribution is 2.26. The van der Waals surface area contributed by atoms with Crippen molar-refractivity contribution in [3.63, 3.8) is 0 Å². The minimum absolute atomic E-state index is 0.0602. The predicted molar refractivity (Wildman–Crippen MR) is 71.3 cm³/mol. The lowest BCUT2D eigenvalue weighted by atomic mass is 10.1. The second kappa shape index (κ2) is 4.57. The molecule has 2 N–H and O–H groups in total. The summed E-state index contributed by atoms with van der Waals surface area (Å²) in [4.78, 5) is 12.1. The van der Waals surface area contributed by atoms with Crippen LogP contribution in [0.4, 0.5) is 5.69 Å². The van der Waals surface area contributed by atoms with Gasteiger partial charge in [0.15, 0.2) is 5.78 Å². The van der Waals surface area contributed by atoms with Gasteiger partial charge in [-0.1, -0.05) is 11.6 Å². The number of nitrogens with two attached hydrogens (primary N) is 1. The van der Waals surface area contributed by atoms with Gasteiger partial charge in [-0.3, -0.25) is 4.79 Å². The van der Waals surface area contributed by atoms with Gasteiger partial charge < -0.3 is 5.73 Å². The highest BCUT2D eigenvalue weighted by atomic mass is 79.9. The van der Waals surface area contributed by atoms with Gasteiger partial charge in [0, 0.05) is 26.4 Å². The molecule has 0 amide bonds. The van der Waals surface area contributed by atoms with Gasteiger partial charge in [0.2, 0.25) is 0 Å². The van der Waals surface area contributed by atoms with Crippen LogP contribution in [0.2, 0.25) is 5.02 Å². The van der Waals surface area contributed by atoms with E-state index in [-0.39, 0.29) is 5.78 Å². The molecule has 0 radical (unpaired) electrons. The zero-order valence-corrected chi connectivity index (χ0v) is 11.2. The smallest absolute Gasteiger partial charge is 0.195 e. The van der Waals surface area contributed by atoms with E-state index in [1.165, 1.54) is 11.3 Å². The number of anilines is 1. The monoisotopic (exact) mass is 315 g/mol. The van der Waals surface area contributed by atoms with Crippen molar-refractivity contribution in [3.8, 4) is 0 Å². The Morgan fingerprint density at radius 2 is 2.12 bits per heavy atom. The van der Waals surface area contributed by atoms with Crippen LogP contribution in [-0.4, -0.2) is 5.78 Å². The van der Waals surface area contributed by atoms with Gasteiger partial charge in [0.05, 0.1) is 10.7 Å². The third-order valence-electron chi connectivity index (χ3n) is 2.12. The van der Waals surface area contributed by atoms with Crippen molar-refractivity contribution in [2.45, 2.75) is 0 Å². The molecule has 82 valence electrons. The third kappa shape index (κ3) is 2.14. The van der Waals surface area contributed by atoms with Crippen LogP contribution in [0.1, 0.15) is 15.9 Å². The average molecular weight is 317 g/mol. The highest BCUT2D eigenvalue weighted by Gasteiger charge is 2.14. The molecule has 0 saturated heterocycles. The molecule has 0 spiro atoms. The van der Waals surface area contributed by atoms with Crippen LogP contribution in [0.15, 0.2) is 33.4 Å². The molecular formula is C11H7BrClNOS. The Morgan fingerprint density at radius 1 is 1.38 bits per heavy atom. The fourth-order valence-corrected chi connectivity index (χ4v) is 2.90. The molecular weight excluding hydrogens is 310 g/mol. The molecule has 0 aliphatic heterocycles. The molecule has 0 fully saturated rings.